The van der Waals surface area contributed by atoms with E-state index in [-0.39, 0.29) is 129 Å². The molecular formula is C86H82N12O21. The van der Waals surface area contributed by atoms with Crippen LogP contribution < -0.4 is 31.9 Å². The Balaban J connectivity index is 0.000000124. The van der Waals surface area contributed by atoms with E-state index in [1.54, 1.807) is 75.4 Å². The van der Waals surface area contributed by atoms with Crippen molar-refractivity contribution in [2.24, 2.45) is 0 Å². The molecule has 0 aliphatic carbocycles. The third-order valence-electron chi connectivity index (χ3n) is 22.9. The van der Waals surface area contributed by atoms with Crippen LogP contribution in [0.3, 0.4) is 0 Å². The summed E-state index contributed by atoms with van der Waals surface area (Å²) in [5.41, 5.74) is 9.80. The number of aryl methyl sites for hydroxylation is 6. The number of hydrogen-bond acceptors (Lipinski definition) is 21. The van der Waals surface area contributed by atoms with Crippen molar-refractivity contribution < 1.29 is 101 Å². The van der Waals surface area contributed by atoms with Gasteiger partial charge >= 0.3 is 0 Å². The van der Waals surface area contributed by atoms with Crippen LogP contribution >= 0.6 is 0 Å². The van der Waals surface area contributed by atoms with Crippen LogP contribution in [0.2, 0.25) is 0 Å². The largest absolute Gasteiger partial charge is 0.322 e. The molecule has 12 heterocycles. The molecule has 18 rings (SSSR count). The molecule has 12 aliphatic heterocycles. The first-order chi connectivity index (χ1) is 56.3. The summed E-state index contributed by atoms with van der Waals surface area (Å²) in [5.74, 6) is -8.06. The number of carbonyl (C=O) groups excluding carboxylic acids is 21. The lowest BCUT2D eigenvalue weighted by molar-refractivity contribution is -0.142. The van der Waals surface area contributed by atoms with Crippen LogP contribution in [0.5, 0.6) is 0 Å². The van der Waals surface area contributed by atoms with Crippen LogP contribution in [0.25, 0.3) is 0 Å². The molecule has 612 valence electrons. The Morgan fingerprint density at radius 2 is 0.521 bits per heavy atom. The first-order valence-corrected chi connectivity index (χ1v) is 38.6. The fourth-order valence-corrected chi connectivity index (χ4v) is 16.2. The van der Waals surface area contributed by atoms with E-state index in [1.807, 2.05) is 90.1 Å². The van der Waals surface area contributed by atoms with E-state index in [2.05, 4.69) is 31.9 Å². The normalized spacial score (nSPS) is 23.3. The maximum Gasteiger partial charge on any atom is 0.262 e. The van der Waals surface area contributed by atoms with Gasteiger partial charge in [-0.25, -0.2) is 0 Å². The number of fused-ring (bicyclic) bond motifs is 6. The molecule has 6 N–H and O–H groups in total. The molecule has 119 heavy (non-hydrogen) atoms. The summed E-state index contributed by atoms with van der Waals surface area (Å²) >= 11 is 0. The van der Waals surface area contributed by atoms with Gasteiger partial charge < -0.3 is 14.7 Å². The minimum absolute atomic E-state index is 0.106. The fraction of sp³-hybridized carbons (Fsp3) is 0.337. The number of imide groups is 9. The van der Waals surface area contributed by atoms with Crippen molar-refractivity contribution in [3.05, 3.63) is 209 Å². The fourth-order valence-electron chi connectivity index (χ4n) is 16.2. The second-order valence-corrected chi connectivity index (χ2v) is 31.5. The SMILES string of the molecule is Cc1ccc2c(c1)C(=O)N(C1CCC(=O)NC1=O)C2.Cc1ccc2c(c1)C(=O)N([C@@]1(C)CCC(=O)NC1=O)C2=O.Cc1ccc2c(c1)C(=O)N([C@H]1CCC(=O)NC1=O)C2.Cc1ccc2c(c1)C(=O)N([C@H]1CCC(=O)NC1=O)C2=O.Cc1ccc2c(c1)C(=O)N([C@]1(C)CCC(=O)NC1=O)C2=O.Cc1ccc2c(c1)CN([C@H]1CCC(=O)NC1=O)C2=O. The van der Waals surface area contributed by atoms with Crippen LogP contribution in [-0.2, 0) is 77.2 Å². The Morgan fingerprint density at radius 1 is 0.261 bits per heavy atom. The summed E-state index contributed by atoms with van der Waals surface area (Å²) in [4.78, 5) is 258. The summed E-state index contributed by atoms with van der Waals surface area (Å²) in [5, 5.41) is 13.4. The molecule has 1 unspecified atom stereocenters. The number of carbonyl (C=O) groups is 21. The molecule has 0 bridgehead atoms. The van der Waals surface area contributed by atoms with Crippen molar-refractivity contribution in [3.63, 3.8) is 0 Å². The van der Waals surface area contributed by atoms with Gasteiger partial charge in [-0.3, -0.25) is 147 Å². The highest BCUT2D eigenvalue weighted by Gasteiger charge is 2.55. The van der Waals surface area contributed by atoms with Crippen LogP contribution in [-0.4, -0.2) is 189 Å². The number of piperidine rings is 6. The Hall–Kier alpha value is -14.0. The maximum atomic E-state index is 12.5. The molecular weight excluding hydrogens is 1540 g/mol. The minimum atomic E-state index is -1.32. The summed E-state index contributed by atoms with van der Waals surface area (Å²) in [7, 11) is 0. The van der Waals surface area contributed by atoms with Crippen LogP contribution in [0.4, 0.5) is 0 Å². The highest BCUT2D eigenvalue weighted by Crippen LogP contribution is 2.38. The third kappa shape index (κ3) is 16.0. The zero-order valence-electron chi connectivity index (χ0n) is 66.1. The molecule has 0 aromatic heterocycles. The quantitative estimate of drug-likeness (QED) is 0.127. The number of hydrogen-bond donors (Lipinski definition) is 6. The minimum Gasteiger partial charge on any atom is -0.322 e. The maximum absolute atomic E-state index is 12.5. The predicted molar refractivity (Wildman–Crippen MR) is 414 cm³/mol. The number of rotatable bonds is 6. The summed E-state index contributed by atoms with van der Waals surface area (Å²) in [6.07, 6.45) is 2.88. The van der Waals surface area contributed by atoms with E-state index in [1.165, 1.54) is 13.8 Å². The summed E-state index contributed by atoms with van der Waals surface area (Å²) < 4.78 is 0. The molecule has 6 saturated heterocycles. The van der Waals surface area contributed by atoms with Gasteiger partial charge in [-0.2, -0.15) is 0 Å². The van der Waals surface area contributed by atoms with Crippen LogP contribution in [0.1, 0.15) is 234 Å². The van der Waals surface area contributed by atoms with Gasteiger partial charge in [-0.05, 0) is 165 Å². The standard InChI is InChI=1S/2C15H14N2O4.C14H12N2O4.3C14H14N2O3/c2*1-8-3-4-9-10(7-8)13(20)17(12(9)19)15(2)6-5-11(18)16-14(15)21;1-7-2-3-8-9(6-7)14(20)16(13(8)19)10-4-5-11(17)15-12(10)18;1-8-2-3-10-9(6-8)7-16(14(10)19)11-4-5-12(17)15-13(11)18;2*1-8-2-3-9-7-16(14(19)10(9)6-8)11-4-5-12(17)15-13(11)18/h2*3-4,7H,5-6H2,1-2H3,(H,16,18,21);2-3,6,10H,4-5H2,1H3,(H,15,17,18);3*2-3,6,11H,4-5,7H2,1H3,(H,15,17,18)/t2*15-;10-;2*11-;/m10000./s1. The number of amides is 21. The Bertz CT molecular complexity index is 5330. The van der Waals surface area contributed by atoms with Gasteiger partial charge in [-0.15, -0.1) is 0 Å². The molecule has 0 saturated carbocycles. The molecule has 33 nitrogen and oxygen atoms in total. The van der Waals surface area contributed by atoms with Gasteiger partial charge in [0.1, 0.15) is 35.2 Å². The molecule has 6 fully saturated rings. The molecule has 33 heteroatoms. The average molecular weight is 1620 g/mol. The molecule has 6 aromatic carbocycles. The van der Waals surface area contributed by atoms with Gasteiger partial charge in [-0.1, -0.05) is 88.0 Å². The average Bonchev–Trinajstić information content (AvgIpc) is 1.63. The number of benzene rings is 6. The number of nitrogens with one attached hydrogen (secondary N) is 6. The smallest absolute Gasteiger partial charge is 0.262 e. The molecule has 6 aromatic rings. The lowest BCUT2D eigenvalue weighted by atomic mass is 9.89. The lowest BCUT2D eigenvalue weighted by Gasteiger charge is -2.38. The zero-order chi connectivity index (χ0) is 85.9. The second-order valence-electron chi connectivity index (χ2n) is 31.5. The lowest BCUT2D eigenvalue weighted by Crippen LogP contribution is -2.62. The second kappa shape index (κ2) is 32.6. The van der Waals surface area contributed by atoms with Crippen molar-refractivity contribution in [2.75, 3.05) is 0 Å². The van der Waals surface area contributed by atoms with Gasteiger partial charge in [0.15, 0.2) is 0 Å². The van der Waals surface area contributed by atoms with Gasteiger partial charge in [0.2, 0.25) is 59.1 Å². The van der Waals surface area contributed by atoms with E-state index in [4.69, 9.17) is 0 Å². The first kappa shape index (κ1) is 83.0. The van der Waals surface area contributed by atoms with Gasteiger partial charge in [0.05, 0.1) is 33.4 Å². The van der Waals surface area contributed by atoms with E-state index in [9.17, 15) is 101 Å². The van der Waals surface area contributed by atoms with Crippen molar-refractivity contribution in [2.45, 2.75) is 187 Å². The van der Waals surface area contributed by atoms with E-state index in [0.29, 0.717) is 89.0 Å². The van der Waals surface area contributed by atoms with Crippen molar-refractivity contribution in [3.8, 4) is 0 Å². The summed E-state index contributed by atoms with van der Waals surface area (Å²) in [6, 6.07) is 29.6. The van der Waals surface area contributed by atoms with Crippen molar-refractivity contribution >= 4 is 124 Å². The first-order valence-electron chi connectivity index (χ1n) is 38.6. The molecule has 0 radical (unpaired) electrons. The monoisotopic (exact) mass is 1620 g/mol. The number of nitrogens with zero attached hydrogens (tertiary/aromatic N) is 6. The Labute approximate surface area is 679 Å². The van der Waals surface area contributed by atoms with Crippen LogP contribution in [0, 0.1) is 41.5 Å². The van der Waals surface area contributed by atoms with E-state index < -0.39 is 88.4 Å². The summed E-state index contributed by atoms with van der Waals surface area (Å²) in [6.45, 7) is 15.7. The highest BCUT2D eigenvalue weighted by molar-refractivity contribution is 6.26. The highest BCUT2D eigenvalue weighted by atomic mass is 16.2. The Kier molecular flexibility index (Phi) is 22.7. The van der Waals surface area contributed by atoms with E-state index in [0.717, 1.165) is 64.8 Å². The third-order valence-corrected chi connectivity index (χ3v) is 22.9. The van der Waals surface area contributed by atoms with Crippen molar-refractivity contribution in [1.82, 2.24) is 61.3 Å². The molecule has 12 aliphatic rings. The zero-order valence-corrected chi connectivity index (χ0v) is 66.1. The molecule has 0 spiro atoms. The predicted octanol–water partition coefficient (Wildman–Crippen LogP) is 4.24. The molecule has 21 amide bonds. The van der Waals surface area contributed by atoms with Gasteiger partial charge in [0, 0.05) is 74.8 Å². The molecule has 6 atom stereocenters. The van der Waals surface area contributed by atoms with Gasteiger partial charge in [0.25, 0.3) is 65.0 Å². The Morgan fingerprint density at radius 3 is 0.866 bits per heavy atom. The van der Waals surface area contributed by atoms with Crippen molar-refractivity contribution in [1.29, 1.82) is 0 Å². The van der Waals surface area contributed by atoms with E-state index >= 15 is 0 Å². The topological polar surface area (TPSA) is 450 Å². The van der Waals surface area contributed by atoms with Crippen LogP contribution in [0.15, 0.2) is 109 Å².